The van der Waals surface area contributed by atoms with E-state index in [9.17, 15) is 13.2 Å². The Balaban J connectivity index is 2.05. The summed E-state index contributed by atoms with van der Waals surface area (Å²) >= 11 is 0. The zero-order chi connectivity index (χ0) is 14.6. The lowest BCUT2D eigenvalue weighted by Crippen LogP contribution is -2.31. The molecule has 2 rings (SSSR count). The molecule has 0 bridgehead atoms. The van der Waals surface area contributed by atoms with E-state index in [0.717, 1.165) is 19.4 Å². The molecule has 20 heavy (non-hydrogen) atoms. The second kappa shape index (κ2) is 6.56. The van der Waals surface area contributed by atoms with E-state index in [1.807, 2.05) is 6.92 Å². The Bertz CT molecular complexity index is 419. The van der Waals surface area contributed by atoms with Gasteiger partial charge in [0.15, 0.2) is 0 Å². The number of nitrogens with one attached hydrogen (secondary N) is 1. The second-order valence-corrected chi connectivity index (χ2v) is 5.25. The van der Waals surface area contributed by atoms with Crippen LogP contribution in [-0.4, -0.2) is 22.9 Å². The van der Waals surface area contributed by atoms with Gasteiger partial charge in [-0.1, -0.05) is 19.8 Å². The fourth-order valence-corrected chi connectivity index (χ4v) is 2.68. The normalized spacial score (nSPS) is 24.0. The van der Waals surface area contributed by atoms with Gasteiger partial charge in [0.25, 0.3) is 0 Å². The van der Waals surface area contributed by atoms with Crippen LogP contribution in [0.3, 0.4) is 0 Å². The molecule has 0 aliphatic heterocycles. The van der Waals surface area contributed by atoms with Gasteiger partial charge in [0.1, 0.15) is 0 Å². The Kier molecular flexibility index (Phi) is 5.01. The molecule has 1 fully saturated rings. The minimum atomic E-state index is -4.19. The molecule has 1 aliphatic rings. The van der Waals surface area contributed by atoms with Crippen LogP contribution in [0, 0.1) is 5.92 Å². The van der Waals surface area contributed by atoms with Crippen molar-refractivity contribution in [3.63, 3.8) is 0 Å². The van der Waals surface area contributed by atoms with Gasteiger partial charge in [-0.2, -0.15) is 13.2 Å². The molecule has 1 aromatic rings. The third-order valence-electron chi connectivity index (χ3n) is 3.69. The van der Waals surface area contributed by atoms with E-state index in [0.29, 0.717) is 25.3 Å². The lowest BCUT2D eigenvalue weighted by atomic mass is 9.79. The van der Waals surface area contributed by atoms with Crippen LogP contribution < -0.4 is 5.32 Å². The smallest absolute Gasteiger partial charge is 0.392 e. The van der Waals surface area contributed by atoms with Crippen molar-refractivity contribution in [3.05, 3.63) is 11.8 Å². The van der Waals surface area contributed by atoms with Gasteiger partial charge in [0, 0.05) is 5.92 Å². The predicted molar refractivity (Wildman–Crippen MR) is 67.0 cm³/mol. The van der Waals surface area contributed by atoms with Crippen LogP contribution in [0.25, 0.3) is 0 Å². The summed E-state index contributed by atoms with van der Waals surface area (Å²) in [5.74, 6) is -1.54. The molecule has 4 nitrogen and oxygen atoms in total. The van der Waals surface area contributed by atoms with E-state index < -0.39 is 18.0 Å². The van der Waals surface area contributed by atoms with Crippen LogP contribution >= 0.6 is 0 Å². The number of nitrogens with zero attached hydrogens (tertiary/aromatic N) is 2. The first kappa shape index (κ1) is 15.3. The molecule has 1 N–H and O–H groups in total. The number of hydrogen-bond donors (Lipinski definition) is 1. The van der Waals surface area contributed by atoms with E-state index in [-0.39, 0.29) is 12.3 Å². The molecule has 0 amide bonds. The molecular formula is C13H20F3N3O. The number of alkyl halides is 3. The summed E-state index contributed by atoms with van der Waals surface area (Å²) < 4.78 is 44.5. The molecule has 114 valence electrons. The van der Waals surface area contributed by atoms with Crippen LogP contribution in [-0.2, 0) is 6.54 Å². The highest BCUT2D eigenvalue weighted by Crippen LogP contribution is 2.45. The maximum atomic E-state index is 13.0. The Morgan fingerprint density at radius 3 is 2.70 bits per heavy atom. The van der Waals surface area contributed by atoms with Gasteiger partial charge >= 0.3 is 6.18 Å². The predicted octanol–water partition coefficient (Wildman–Crippen LogP) is 3.41. The third kappa shape index (κ3) is 3.71. The molecule has 0 radical (unpaired) electrons. The monoisotopic (exact) mass is 291 g/mol. The molecule has 2 unspecified atom stereocenters. The van der Waals surface area contributed by atoms with Crippen molar-refractivity contribution in [1.29, 1.82) is 0 Å². The van der Waals surface area contributed by atoms with E-state index in [4.69, 9.17) is 4.42 Å². The fraction of sp³-hybridized carbons (Fsp3) is 0.846. The van der Waals surface area contributed by atoms with Gasteiger partial charge in [-0.25, -0.2) is 0 Å². The molecular weight excluding hydrogens is 271 g/mol. The zero-order valence-corrected chi connectivity index (χ0v) is 11.5. The topological polar surface area (TPSA) is 51.0 Å². The minimum absolute atomic E-state index is 0.139. The first-order valence-electron chi connectivity index (χ1n) is 7.12. The molecule has 2 atom stereocenters. The summed E-state index contributed by atoms with van der Waals surface area (Å²) in [5, 5.41) is 10.7. The summed E-state index contributed by atoms with van der Waals surface area (Å²) in [6, 6.07) is 0. The van der Waals surface area contributed by atoms with Crippen LogP contribution in [0.1, 0.15) is 56.7 Å². The van der Waals surface area contributed by atoms with E-state index in [1.165, 1.54) is 0 Å². The van der Waals surface area contributed by atoms with Crippen molar-refractivity contribution in [2.45, 2.75) is 57.7 Å². The molecule has 7 heteroatoms. The molecule has 1 saturated carbocycles. The molecule has 1 aromatic heterocycles. The van der Waals surface area contributed by atoms with E-state index in [1.54, 1.807) is 0 Å². The average Bonchev–Trinajstić information content (AvgIpc) is 2.87. The van der Waals surface area contributed by atoms with Crippen LogP contribution in [0.4, 0.5) is 13.2 Å². The lowest BCUT2D eigenvalue weighted by Gasteiger charge is -2.30. The van der Waals surface area contributed by atoms with Crippen molar-refractivity contribution < 1.29 is 17.6 Å². The third-order valence-corrected chi connectivity index (χ3v) is 3.69. The Morgan fingerprint density at radius 1 is 1.25 bits per heavy atom. The molecule has 1 aliphatic carbocycles. The highest BCUT2D eigenvalue weighted by atomic mass is 19.4. The summed E-state index contributed by atoms with van der Waals surface area (Å²) in [6.07, 6.45) is -1.21. The SMILES string of the molecule is CCCNCc1nnc(C2CCCCC2C(F)(F)F)o1. The zero-order valence-electron chi connectivity index (χ0n) is 11.5. The van der Waals surface area contributed by atoms with Gasteiger partial charge in [-0.15, -0.1) is 10.2 Å². The van der Waals surface area contributed by atoms with Gasteiger partial charge in [-0.05, 0) is 25.8 Å². The first-order valence-corrected chi connectivity index (χ1v) is 7.12. The largest absolute Gasteiger partial charge is 0.424 e. The summed E-state index contributed by atoms with van der Waals surface area (Å²) in [7, 11) is 0. The second-order valence-electron chi connectivity index (χ2n) is 5.25. The standard InChI is InChI=1S/C13H20F3N3O/c1-2-7-17-8-11-18-19-12(20-11)9-5-3-4-6-10(9)13(14,15)16/h9-10,17H,2-8H2,1H3. The van der Waals surface area contributed by atoms with E-state index in [2.05, 4.69) is 15.5 Å². The van der Waals surface area contributed by atoms with Crippen LogP contribution in [0.5, 0.6) is 0 Å². The van der Waals surface area contributed by atoms with Gasteiger partial charge in [0.2, 0.25) is 11.8 Å². The maximum absolute atomic E-state index is 13.0. The number of aromatic nitrogens is 2. The van der Waals surface area contributed by atoms with Crippen molar-refractivity contribution >= 4 is 0 Å². The van der Waals surface area contributed by atoms with Crippen LogP contribution in [0.2, 0.25) is 0 Å². The van der Waals surface area contributed by atoms with Gasteiger partial charge < -0.3 is 9.73 Å². The van der Waals surface area contributed by atoms with E-state index >= 15 is 0 Å². The van der Waals surface area contributed by atoms with Crippen molar-refractivity contribution in [2.75, 3.05) is 6.54 Å². The summed E-state index contributed by atoms with van der Waals surface area (Å²) in [5.41, 5.74) is 0. The Labute approximate surface area is 116 Å². The fourth-order valence-electron chi connectivity index (χ4n) is 2.68. The molecule has 0 aromatic carbocycles. The number of halogens is 3. The molecule has 0 spiro atoms. The maximum Gasteiger partial charge on any atom is 0.392 e. The lowest BCUT2D eigenvalue weighted by molar-refractivity contribution is -0.188. The minimum Gasteiger partial charge on any atom is -0.424 e. The van der Waals surface area contributed by atoms with Crippen molar-refractivity contribution in [2.24, 2.45) is 5.92 Å². The highest BCUT2D eigenvalue weighted by molar-refractivity contribution is 4.99. The Hall–Kier alpha value is -1.11. The van der Waals surface area contributed by atoms with Gasteiger partial charge in [-0.3, -0.25) is 0 Å². The average molecular weight is 291 g/mol. The molecule has 1 heterocycles. The van der Waals surface area contributed by atoms with Crippen molar-refractivity contribution in [1.82, 2.24) is 15.5 Å². The summed E-state index contributed by atoms with van der Waals surface area (Å²) in [6.45, 7) is 3.25. The highest BCUT2D eigenvalue weighted by Gasteiger charge is 2.47. The first-order chi connectivity index (χ1) is 9.52. The quantitative estimate of drug-likeness (QED) is 0.845. The summed E-state index contributed by atoms with van der Waals surface area (Å²) in [4.78, 5) is 0. The Morgan fingerprint density at radius 2 is 2.00 bits per heavy atom. The van der Waals surface area contributed by atoms with Crippen LogP contribution in [0.15, 0.2) is 4.42 Å². The molecule has 0 saturated heterocycles. The van der Waals surface area contributed by atoms with Gasteiger partial charge in [0.05, 0.1) is 12.5 Å². The van der Waals surface area contributed by atoms with Crippen molar-refractivity contribution in [3.8, 4) is 0 Å². The number of hydrogen-bond acceptors (Lipinski definition) is 4. The number of rotatable bonds is 5.